The Hall–Kier alpha value is -0.820. The van der Waals surface area contributed by atoms with E-state index in [9.17, 15) is 0 Å². The van der Waals surface area contributed by atoms with Gasteiger partial charge in [0.15, 0.2) is 0 Å². The number of rotatable bonds is 8. The largest absolute Gasteiger partial charge is 0.314 e. The van der Waals surface area contributed by atoms with Gasteiger partial charge < -0.3 is 5.32 Å². The molecule has 1 nitrogen and oxygen atoms in total. The fraction of sp³-hybridized carbons (Fsp3) is 0.625. The molecule has 0 aromatic heterocycles. The Morgan fingerprint density at radius 3 is 2.06 bits per heavy atom. The number of unbranched alkanes of at least 4 members (excludes halogenated alkanes) is 2. The van der Waals surface area contributed by atoms with Gasteiger partial charge in [-0.3, -0.25) is 0 Å². The van der Waals surface area contributed by atoms with E-state index >= 15 is 0 Å². The molecular formula is C16H27N. The van der Waals surface area contributed by atoms with Crippen LogP contribution in [0.25, 0.3) is 0 Å². The third kappa shape index (κ3) is 6.48. The van der Waals surface area contributed by atoms with Crippen LogP contribution in [0.2, 0.25) is 0 Å². The van der Waals surface area contributed by atoms with E-state index in [1.165, 1.54) is 36.8 Å². The molecule has 96 valence electrons. The zero-order chi connectivity index (χ0) is 12.5. The van der Waals surface area contributed by atoms with E-state index in [-0.39, 0.29) is 0 Å². The molecular weight excluding hydrogens is 206 g/mol. The second kappa shape index (κ2) is 8.30. The van der Waals surface area contributed by atoms with Crippen LogP contribution in [0.4, 0.5) is 0 Å². The maximum Gasteiger partial charge on any atom is 0.00105 e. The maximum absolute atomic E-state index is 3.45. The Kier molecular flexibility index (Phi) is 6.95. The van der Waals surface area contributed by atoms with Crippen molar-refractivity contribution < 1.29 is 0 Å². The molecule has 1 aromatic rings. The van der Waals surface area contributed by atoms with Gasteiger partial charge in [-0.25, -0.2) is 0 Å². The van der Waals surface area contributed by atoms with Gasteiger partial charge in [-0.05, 0) is 36.9 Å². The lowest BCUT2D eigenvalue weighted by Crippen LogP contribution is -2.24. The number of aryl methyl sites for hydroxylation is 1. The standard InChI is InChI=1S/C16H27N/c1-4-5-6-7-15-8-10-16(11-9-15)12-13-17-14(2)3/h8-11,14,17H,4-7,12-13H2,1-3H3. The van der Waals surface area contributed by atoms with Gasteiger partial charge in [-0.1, -0.05) is 57.9 Å². The Morgan fingerprint density at radius 2 is 1.53 bits per heavy atom. The van der Waals surface area contributed by atoms with Crippen LogP contribution >= 0.6 is 0 Å². The van der Waals surface area contributed by atoms with Crippen molar-refractivity contribution in [3.63, 3.8) is 0 Å². The minimum Gasteiger partial charge on any atom is -0.314 e. The second-order valence-corrected chi connectivity index (χ2v) is 5.13. The zero-order valence-electron chi connectivity index (χ0n) is 11.6. The van der Waals surface area contributed by atoms with Crippen molar-refractivity contribution >= 4 is 0 Å². The first-order valence-corrected chi connectivity index (χ1v) is 7.03. The van der Waals surface area contributed by atoms with E-state index < -0.39 is 0 Å². The average Bonchev–Trinajstić information content (AvgIpc) is 2.31. The number of benzene rings is 1. The molecule has 1 rings (SSSR count). The van der Waals surface area contributed by atoms with Crippen LogP contribution < -0.4 is 5.32 Å². The highest BCUT2D eigenvalue weighted by molar-refractivity contribution is 5.22. The normalized spacial score (nSPS) is 11.1. The van der Waals surface area contributed by atoms with Crippen LogP contribution in [-0.4, -0.2) is 12.6 Å². The third-order valence-corrected chi connectivity index (χ3v) is 3.06. The average molecular weight is 233 g/mol. The van der Waals surface area contributed by atoms with Crippen LogP contribution in [0.3, 0.4) is 0 Å². The molecule has 1 heteroatoms. The Balaban J connectivity index is 2.29. The summed E-state index contributed by atoms with van der Waals surface area (Å²) in [6, 6.07) is 9.73. The minimum absolute atomic E-state index is 0.586. The first kappa shape index (κ1) is 14.2. The van der Waals surface area contributed by atoms with Gasteiger partial charge in [0, 0.05) is 6.04 Å². The molecule has 0 fully saturated rings. The predicted octanol–water partition coefficient (Wildman–Crippen LogP) is 3.96. The first-order chi connectivity index (χ1) is 8.22. The van der Waals surface area contributed by atoms with Crippen LogP contribution in [0.1, 0.15) is 51.2 Å². The SMILES string of the molecule is CCCCCc1ccc(CCNC(C)C)cc1. The third-order valence-electron chi connectivity index (χ3n) is 3.06. The second-order valence-electron chi connectivity index (χ2n) is 5.13. The van der Waals surface area contributed by atoms with Gasteiger partial charge in [0.25, 0.3) is 0 Å². The zero-order valence-corrected chi connectivity index (χ0v) is 11.6. The van der Waals surface area contributed by atoms with E-state index in [0.29, 0.717) is 6.04 Å². The molecule has 0 saturated carbocycles. The summed E-state index contributed by atoms with van der Waals surface area (Å²) in [5, 5.41) is 3.45. The van der Waals surface area contributed by atoms with Crippen molar-refractivity contribution in [2.75, 3.05) is 6.54 Å². The maximum atomic E-state index is 3.45. The summed E-state index contributed by atoms with van der Waals surface area (Å²) < 4.78 is 0. The van der Waals surface area contributed by atoms with E-state index in [0.717, 1.165) is 13.0 Å². The Labute approximate surface area is 107 Å². The molecule has 17 heavy (non-hydrogen) atoms. The number of hydrogen-bond acceptors (Lipinski definition) is 1. The predicted molar refractivity (Wildman–Crippen MR) is 76.5 cm³/mol. The van der Waals surface area contributed by atoms with Gasteiger partial charge in [-0.15, -0.1) is 0 Å². The van der Waals surface area contributed by atoms with E-state index in [4.69, 9.17) is 0 Å². The molecule has 0 heterocycles. The van der Waals surface area contributed by atoms with Gasteiger partial charge in [0.05, 0.1) is 0 Å². The van der Waals surface area contributed by atoms with Crippen LogP contribution in [0.15, 0.2) is 24.3 Å². The highest BCUT2D eigenvalue weighted by Crippen LogP contribution is 2.09. The Morgan fingerprint density at radius 1 is 0.941 bits per heavy atom. The van der Waals surface area contributed by atoms with E-state index in [1.807, 2.05) is 0 Å². The summed E-state index contributed by atoms with van der Waals surface area (Å²) in [7, 11) is 0. The number of nitrogens with one attached hydrogen (secondary N) is 1. The van der Waals surface area contributed by atoms with Crippen molar-refractivity contribution in [2.45, 2.75) is 58.9 Å². The lowest BCUT2D eigenvalue weighted by Gasteiger charge is -2.08. The fourth-order valence-electron chi connectivity index (χ4n) is 1.96. The number of hydrogen-bond donors (Lipinski definition) is 1. The van der Waals surface area contributed by atoms with Gasteiger partial charge in [0.1, 0.15) is 0 Å². The van der Waals surface area contributed by atoms with Crippen molar-refractivity contribution in [2.24, 2.45) is 0 Å². The van der Waals surface area contributed by atoms with Crippen molar-refractivity contribution in [3.8, 4) is 0 Å². The molecule has 0 spiro atoms. The molecule has 0 bridgehead atoms. The Bertz CT molecular complexity index is 287. The molecule has 1 aromatic carbocycles. The molecule has 0 amide bonds. The summed E-state index contributed by atoms with van der Waals surface area (Å²) in [5.74, 6) is 0. The lowest BCUT2D eigenvalue weighted by molar-refractivity contribution is 0.590. The van der Waals surface area contributed by atoms with Crippen LogP contribution in [0.5, 0.6) is 0 Å². The summed E-state index contributed by atoms with van der Waals surface area (Å²) in [6.45, 7) is 7.71. The van der Waals surface area contributed by atoms with E-state index in [2.05, 4.69) is 50.4 Å². The summed E-state index contributed by atoms with van der Waals surface area (Å²) in [5.41, 5.74) is 2.93. The molecule has 0 atom stereocenters. The first-order valence-electron chi connectivity index (χ1n) is 7.03. The summed E-state index contributed by atoms with van der Waals surface area (Å²) >= 11 is 0. The molecule has 0 saturated heterocycles. The molecule has 0 unspecified atom stereocenters. The van der Waals surface area contributed by atoms with E-state index in [1.54, 1.807) is 0 Å². The smallest absolute Gasteiger partial charge is 0.00105 e. The van der Waals surface area contributed by atoms with Crippen molar-refractivity contribution in [3.05, 3.63) is 35.4 Å². The van der Waals surface area contributed by atoms with Gasteiger partial charge >= 0.3 is 0 Å². The van der Waals surface area contributed by atoms with Crippen LogP contribution in [-0.2, 0) is 12.8 Å². The van der Waals surface area contributed by atoms with Crippen molar-refractivity contribution in [1.29, 1.82) is 0 Å². The minimum atomic E-state index is 0.586. The molecule has 1 N–H and O–H groups in total. The lowest BCUT2D eigenvalue weighted by atomic mass is 10.0. The summed E-state index contributed by atoms with van der Waals surface area (Å²) in [6.07, 6.45) is 6.34. The molecule has 0 aliphatic carbocycles. The van der Waals surface area contributed by atoms with Crippen LogP contribution in [0, 0.1) is 0 Å². The quantitative estimate of drug-likeness (QED) is 0.670. The monoisotopic (exact) mass is 233 g/mol. The molecule has 0 radical (unpaired) electrons. The summed E-state index contributed by atoms with van der Waals surface area (Å²) in [4.78, 5) is 0. The highest BCUT2D eigenvalue weighted by atomic mass is 14.9. The molecule has 0 aliphatic heterocycles. The van der Waals surface area contributed by atoms with Gasteiger partial charge in [-0.2, -0.15) is 0 Å². The van der Waals surface area contributed by atoms with Gasteiger partial charge in [0.2, 0.25) is 0 Å². The van der Waals surface area contributed by atoms with Crippen molar-refractivity contribution in [1.82, 2.24) is 5.32 Å². The molecule has 0 aliphatic rings. The topological polar surface area (TPSA) is 12.0 Å². The highest BCUT2D eigenvalue weighted by Gasteiger charge is 1.96. The fourth-order valence-corrected chi connectivity index (χ4v) is 1.96.